The largest absolute Gasteiger partial charge is 0.482 e. The van der Waals surface area contributed by atoms with E-state index in [0.29, 0.717) is 16.7 Å². The van der Waals surface area contributed by atoms with E-state index in [2.05, 4.69) is 10.2 Å². The predicted octanol–water partition coefficient (Wildman–Crippen LogP) is 3.06. The maximum absolute atomic E-state index is 6.19. The summed E-state index contributed by atoms with van der Waals surface area (Å²) >= 11 is 6.19. The fourth-order valence-corrected chi connectivity index (χ4v) is 2.11. The van der Waals surface area contributed by atoms with Crippen LogP contribution >= 0.6 is 11.6 Å². The van der Waals surface area contributed by atoms with Crippen molar-refractivity contribution in [2.24, 2.45) is 0 Å². The molecule has 0 bridgehead atoms. The summed E-state index contributed by atoms with van der Waals surface area (Å²) in [5.74, 6) is 1.35. The Hall–Kier alpha value is -2.07. The molecule has 2 aromatic heterocycles. The summed E-state index contributed by atoms with van der Waals surface area (Å²) in [6.07, 6.45) is 0. The lowest BCUT2D eigenvalue weighted by molar-refractivity contribution is 0.393. The van der Waals surface area contributed by atoms with Gasteiger partial charge in [-0.25, -0.2) is 4.40 Å². The van der Waals surface area contributed by atoms with Gasteiger partial charge in [0.15, 0.2) is 11.5 Å². The maximum Gasteiger partial charge on any atom is 0.200 e. The van der Waals surface area contributed by atoms with E-state index in [9.17, 15) is 0 Å². The number of benzene rings is 1. The average molecular weight is 260 g/mol. The van der Waals surface area contributed by atoms with Crippen molar-refractivity contribution in [1.29, 1.82) is 0 Å². The number of hydrogen-bond acceptors (Lipinski definition) is 3. The van der Waals surface area contributed by atoms with Gasteiger partial charge in [-0.3, -0.25) is 0 Å². The maximum atomic E-state index is 6.19. The van der Waals surface area contributed by atoms with Crippen molar-refractivity contribution in [2.75, 3.05) is 7.11 Å². The van der Waals surface area contributed by atoms with Crippen LogP contribution in [0.2, 0.25) is 5.02 Å². The minimum atomic E-state index is 0.637. The summed E-state index contributed by atoms with van der Waals surface area (Å²) in [4.78, 5) is 0. The molecule has 0 fully saturated rings. The number of rotatable bonds is 2. The topological polar surface area (TPSA) is 39.4 Å². The van der Waals surface area contributed by atoms with E-state index in [0.717, 1.165) is 11.2 Å². The third-order valence-electron chi connectivity index (χ3n) is 2.72. The van der Waals surface area contributed by atoms with Crippen LogP contribution in [0.1, 0.15) is 0 Å². The minimum absolute atomic E-state index is 0.637. The fourth-order valence-electron chi connectivity index (χ4n) is 1.89. The number of hydrogen-bond donors (Lipinski definition) is 0. The summed E-state index contributed by atoms with van der Waals surface area (Å²) in [6, 6.07) is 13.1. The molecule has 3 aromatic rings. The van der Waals surface area contributed by atoms with Gasteiger partial charge in [-0.2, -0.15) is 0 Å². The van der Waals surface area contributed by atoms with Crippen molar-refractivity contribution >= 4 is 17.2 Å². The van der Waals surface area contributed by atoms with Gasteiger partial charge in [-0.05, 0) is 24.3 Å². The number of fused-ring (bicyclic) bond motifs is 1. The molecule has 0 aliphatic rings. The predicted molar refractivity (Wildman–Crippen MR) is 70.0 cm³/mol. The summed E-state index contributed by atoms with van der Waals surface area (Å²) < 4.78 is 7.16. The SMILES string of the molecule is COc1cccc2nnc(-c3ccccc3Cl)n12. The van der Waals surface area contributed by atoms with Gasteiger partial charge in [0, 0.05) is 5.56 Å². The van der Waals surface area contributed by atoms with Crippen LogP contribution in [0.25, 0.3) is 17.0 Å². The molecule has 0 aliphatic carbocycles. The summed E-state index contributed by atoms with van der Waals surface area (Å²) in [5, 5.41) is 8.94. The Bertz CT molecular complexity index is 708. The number of nitrogens with zero attached hydrogens (tertiary/aromatic N) is 3. The van der Waals surface area contributed by atoms with Gasteiger partial charge in [0.05, 0.1) is 12.1 Å². The Kier molecular flexibility index (Phi) is 2.64. The first-order chi connectivity index (χ1) is 8.81. The van der Waals surface area contributed by atoms with Gasteiger partial charge in [-0.15, -0.1) is 10.2 Å². The van der Waals surface area contributed by atoms with E-state index in [1.807, 2.05) is 46.9 Å². The van der Waals surface area contributed by atoms with Crippen LogP contribution < -0.4 is 4.74 Å². The van der Waals surface area contributed by atoms with Crippen LogP contribution in [0.5, 0.6) is 5.88 Å². The Morgan fingerprint density at radius 3 is 2.67 bits per heavy atom. The highest BCUT2D eigenvalue weighted by Gasteiger charge is 2.13. The zero-order chi connectivity index (χ0) is 12.5. The summed E-state index contributed by atoms with van der Waals surface area (Å²) in [7, 11) is 1.62. The number of pyridine rings is 1. The van der Waals surface area contributed by atoms with Gasteiger partial charge >= 0.3 is 0 Å². The first kappa shape index (κ1) is 11.0. The normalized spacial score (nSPS) is 10.8. The van der Waals surface area contributed by atoms with Crippen molar-refractivity contribution in [3.63, 3.8) is 0 Å². The second kappa shape index (κ2) is 4.31. The Labute approximate surface area is 109 Å². The molecule has 3 rings (SSSR count). The second-order valence-electron chi connectivity index (χ2n) is 3.77. The molecule has 0 unspecified atom stereocenters. The average Bonchev–Trinajstić information content (AvgIpc) is 2.83. The van der Waals surface area contributed by atoms with Gasteiger partial charge in [0.1, 0.15) is 0 Å². The second-order valence-corrected chi connectivity index (χ2v) is 4.17. The quantitative estimate of drug-likeness (QED) is 0.710. The molecule has 0 N–H and O–H groups in total. The van der Waals surface area contributed by atoms with Crippen LogP contribution in [0, 0.1) is 0 Å². The fraction of sp³-hybridized carbons (Fsp3) is 0.0769. The monoisotopic (exact) mass is 259 g/mol. The number of aromatic nitrogens is 3. The lowest BCUT2D eigenvalue weighted by Crippen LogP contribution is -1.96. The van der Waals surface area contributed by atoms with Crippen LogP contribution in [0.4, 0.5) is 0 Å². The lowest BCUT2D eigenvalue weighted by Gasteiger charge is -2.06. The Morgan fingerprint density at radius 1 is 1.06 bits per heavy atom. The molecule has 0 spiro atoms. The minimum Gasteiger partial charge on any atom is -0.482 e. The van der Waals surface area contributed by atoms with Gasteiger partial charge < -0.3 is 4.74 Å². The highest BCUT2D eigenvalue weighted by molar-refractivity contribution is 6.33. The van der Waals surface area contributed by atoms with Crippen LogP contribution in [-0.4, -0.2) is 21.7 Å². The third kappa shape index (κ3) is 1.62. The molecule has 0 atom stereocenters. The molecule has 0 amide bonds. The molecule has 0 radical (unpaired) electrons. The molecule has 0 saturated carbocycles. The number of methoxy groups -OCH3 is 1. The molecule has 4 nitrogen and oxygen atoms in total. The van der Waals surface area contributed by atoms with Crippen molar-refractivity contribution < 1.29 is 4.74 Å². The Balaban J connectivity index is 2.34. The van der Waals surface area contributed by atoms with Crippen LogP contribution in [0.3, 0.4) is 0 Å². The third-order valence-corrected chi connectivity index (χ3v) is 3.05. The molecular formula is C13H10ClN3O. The van der Waals surface area contributed by atoms with E-state index < -0.39 is 0 Å². The van der Waals surface area contributed by atoms with Crippen molar-refractivity contribution in [1.82, 2.24) is 14.6 Å². The van der Waals surface area contributed by atoms with Gasteiger partial charge in [-0.1, -0.05) is 29.8 Å². The highest BCUT2D eigenvalue weighted by atomic mass is 35.5. The smallest absolute Gasteiger partial charge is 0.200 e. The van der Waals surface area contributed by atoms with Crippen molar-refractivity contribution in [2.45, 2.75) is 0 Å². The molecule has 2 heterocycles. The Morgan fingerprint density at radius 2 is 1.89 bits per heavy atom. The summed E-state index contributed by atoms with van der Waals surface area (Å²) in [6.45, 7) is 0. The van der Waals surface area contributed by atoms with Gasteiger partial charge in [0.25, 0.3) is 0 Å². The zero-order valence-corrected chi connectivity index (χ0v) is 10.4. The zero-order valence-electron chi connectivity index (χ0n) is 9.67. The molecule has 0 aliphatic heterocycles. The summed E-state index contributed by atoms with van der Waals surface area (Å²) in [5.41, 5.74) is 1.56. The lowest BCUT2D eigenvalue weighted by atomic mass is 10.2. The first-order valence-electron chi connectivity index (χ1n) is 5.44. The highest BCUT2D eigenvalue weighted by Crippen LogP contribution is 2.28. The molecule has 5 heteroatoms. The van der Waals surface area contributed by atoms with E-state index in [1.165, 1.54) is 0 Å². The van der Waals surface area contributed by atoms with Crippen molar-refractivity contribution in [3.8, 4) is 17.3 Å². The molecular weight excluding hydrogens is 250 g/mol. The van der Waals surface area contributed by atoms with E-state index >= 15 is 0 Å². The molecule has 1 aromatic carbocycles. The standard InChI is InChI=1S/C13H10ClN3O/c1-18-12-8-4-7-11-15-16-13(17(11)12)9-5-2-3-6-10(9)14/h2-8H,1H3. The molecule has 0 saturated heterocycles. The van der Waals surface area contributed by atoms with Crippen LogP contribution in [0.15, 0.2) is 42.5 Å². The van der Waals surface area contributed by atoms with Crippen molar-refractivity contribution in [3.05, 3.63) is 47.5 Å². The van der Waals surface area contributed by atoms with E-state index in [1.54, 1.807) is 7.11 Å². The van der Waals surface area contributed by atoms with Crippen LogP contribution in [-0.2, 0) is 0 Å². The number of halogens is 1. The first-order valence-corrected chi connectivity index (χ1v) is 5.82. The molecule has 18 heavy (non-hydrogen) atoms. The van der Waals surface area contributed by atoms with Gasteiger partial charge in [0.2, 0.25) is 5.88 Å². The molecule has 90 valence electrons. The van der Waals surface area contributed by atoms with E-state index in [4.69, 9.17) is 16.3 Å². The van der Waals surface area contributed by atoms with E-state index in [-0.39, 0.29) is 0 Å². The number of ether oxygens (including phenoxy) is 1.